The molecule has 3 aliphatic rings. The normalized spacial score (nSPS) is 25.3. The van der Waals surface area contributed by atoms with Gasteiger partial charge in [0.1, 0.15) is 18.5 Å². The van der Waals surface area contributed by atoms with Crippen molar-refractivity contribution in [1.82, 2.24) is 14.9 Å². The van der Waals surface area contributed by atoms with Crippen LogP contribution in [-0.2, 0) is 15.1 Å². The zero-order chi connectivity index (χ0) is 22.3. The molecule has 3 atom stereocenters. The van der Waals surface area contributed by atoms with Gasteiger partial charge in [0.05, 0.1) is 24.3 Å². The van der Waals surface area contributed by atoms with Gasteiger partial charge in [-0.2, -0.15) is 5.26 Å². The molecule has 0 aromatic carbocycles. The zero-order valence-electron chi connectivity index (χ0n) is 18.4. The number of amides is 1. The van der Waals surface area contributed by atoms with E-state index >= 15 is 0 Å². The summed E-state index contributed by atoms with van der Waals surface area (Å²) in [6.07, 6.45) is 6.22. The summed E-state index contributed by atoms with van der Waals surface area (Å²) in [5.74, 6) is 1.96. The molecule has 0 radical (unpaired) electrons. The Morgan fingerprint density at radius 3 is 2.66 bits per heavy atom. The number of rotatable bonds is 6. The van der Waals surface area contributed by atoms with Crippen molar-refractivity contribution in [2.45, 2.75) is 43.9 Å². The average molecular weight is 434 g/mol. The number of ether oxygens (including phenoxy) is 2. The van der Waals surface area contributed by atoms with E-state index in [0.717, 1.165) is 30.6 Å². The molecule has 1 amide bonds. The van der Waals surface area contributed by atoms with Crippen molar-refractivity contribution in [2.75, 3.05) is 31.7 Å². The van der Waals surface area contributed by atoms with E-state index in [2.05, 4.69) is 27.9 Å². The smallest absolute Gasteiger partial charge is 0.248 e. The first-order chi connectivity index (χ1) is 15.5. The Morgan fingerprint density at radius 2 is 2.06 bits per heavy atom. The number of hydrogen-bond donors (Lipinski definition) is 0. The number of hydrogen-bond acceptors (Lipinski definition) is 7. The number of fused-ring (bicyclic) bond motifs is 2. The van der Waals surface area contributed by atoms with Crippen molar-refractivity contribution >= 4 is 11.7 Å². The Balaban J connectivity index is 1.23. The third-order valence-electron chi connectivity index (χ3n) is 7.03. The van der Waals surface area contributed by atoms with E-state index in [-0.39, 0.29) is 24.6 Å². The lowest BCUT2D eigenvalue weighted by Gasteiger charge is -2.42. The Kier molecular flexibility index (Phi) is 5.22. The summed E-state index contributed by atoms with van der Waals surface area (Å²) in [5, 5.41) is 9.03. The summed E-state index contributed by atoms with van der Waals surface area (Å²) in [6.45, 7) is 3.65. The van der Waals surface area contributed by atoms with Gasteiger partial charge in [-0.25, -0.2) is 9.97 Å². The largest absolute Gasteiger partial charge is 0.481 e. The van der Waals surface area contributed by atoms with Gasteiger partial charge >= 0.3 is 0 Å². The molecule has 8 heteroatoms. The van der Waals surface area contributed by atoms with E-state index in [9.17, 15) is 4.79 Å². The third-order valence-corrected chi connectivity index (χ3v) is 7.03. The summed E-state index contributed by atoms with van der Waals surface area (Å²) in [4.78, 5) is 26.1. The fraction of sp³-hybridized carbons (Fsp3) is 0.500. The lowest BCUT2D eigenvalue weighted by atomic mass is 10.0. The maximum absolute atomic E-state index is 13.1. The maximum Gasteiger partial charge on any atom is 0.248 e. The second-order valence-electron chi connectivity index (χ2n) is 9.03. The first kappa shape index (κ1) is 20.7. The molecule has 2 saturated heterocycles. The van der Waals surface area contributed by atoms with Gasteiger partial charge in [0.25, 0.3) is 0 Å². The van der Waals surface area contributed by atoms with E-state index in [1.165, 1.54) is 0 Å². The zero-order valence-corrected chi connectivity index (χ0v) is 18.4. The van der Waals surface area contributed by atoms with Crippen LogP contribution in [0.15, 0.2) is 36.7 Å². The second-order valence-corrected chi connectivity index (χ2v) is 9.03. The fourth-order valence-corrected chi connectivity index (χ4v) is 5.09. The van der Waals surface area contributed by atoms with Crippen LogP contribution in [0.5, 0.6) is 5.88 Å². The molecule has 0 spiro atoms. The number of nitriles is 1. The highest BCUT2D eigenvalue weighted by atomic mass is 16.5. The molecular weight excluding hydrogens is 406 g/mol. The number of anilines is 1. The van der Waals surface area contributed by atoms with Crippen molar-refractivity contribution in [3.8, 4) is 11.9 Å². The number of pyridine rings is 2. The third kappa shape index (κ3) is 3.67. The van der Waals surface area contributed by atoms with E-state index in [4.69, 9.17) is 14.7 Å². The van der Waals surface area contributed by atoms with Gasteiger partial charge in [-0.3, -0.25) is 4.79 Å². The van der Waals surface area contributed by atoms with Gasteiger partial charge in [-0.05, 0) is 43.4 Å². The summed E-state index contributed by atoms with van der Waals surface area (Å²) in [6, 6.07) is 10.1. The molecule has 2 aromatic rings. The highest BCUT2D eigenvalue weighted by Crippen LogP contribution is 2.49. The van der Waals surface area contributed by atoms with Crippen molar-refractivity contribution in [3.63, 3.8) is 0 Å². The molecule has 0 N–H and O–H groups in total. The van der Waals surface area contributed by atoms with E-state index in [1.54, 1.807) is 25.6 Å². The van der Waals surface area contributed by atoms with Crippen LogP contribution in [0.2, 0.25) is 0 Å². The molecule has 2 aromatic heterocycles. The molecule has 3 fully saturated rings. The SMILES string of the molecule is COc1ccc(C2(OCC(=O)N3CC4C[C@@H](C)C(C3)N4c3ccc(C#N)cn3)CC2)cn1. The molecule has 1 saturated carbocycles. The number of nitrogens with zero attached hydrogens (tertiary/aromatic N) is 5. The molecular formula is C24H27N5O3. The van der Waals surface area contributed by atoms with Gasteiger partial charge in [-0.1, -0.05) is 6.92 Å². The van der Waals surface area contributed by atoms with Crippen LogP contribution >= 0.6 is 0 Å². The van der Waals surface area contributed by atoms with Gasteiger partial charge in [0, 0.05) is 43.2 Å². The first-order valence-electron chi connectivity index (χ1n) is 11.1. The molecule has 8 nitrogen and oxygen atoms in total. The molecule has 166 valence electrons. The number of carbonyl (C=O) groups is 1. The lowest BCUT2D eigenvalue weighted by molar-refractivity contribution is -0.140. The van der Waals surface area contributed by atoms with Crippen LogP contribution < -0.4 is 9.64 Å². The maximum atomic E-state index is 13.1. The Morgan fingerprint density at radius 1 is 1.22 bits per heavy atom. The molecule has 5 rings (SSSR count). The van der Waals surface area contributed by atoms with Crippen LogP contribution in [0.25, 0.3) is 0 Å². The Hall–Kier alpha value is -3.18. The fourth-order valence-electron chi connectivity index (χ4n) is 5.09. The van der Waals surface area contributed by atoms with Crippen LogP contribution in [-0.4, -0.2) is 59.7 Å². The summed E-state index contributed by atoms with van der Waals surface area (Å²) in [5.41, 5.74) is 1.16. The minimum Gasteiger partial charge on any atom is -0.481 e. The molecule has 4 heterocycles. The molecule has 2 bridgehead atoms. The van der Waals surface area contributed by atoms with E-state index in [1.807, 2.05) is 23.1 Å². The average Bonchev–Trinajstić information content (AvgIpc) is 3.59. The number of carbonyl (C=O) groups excluding carboxylic acids is 1. The minimum atomic E-state index is -0.393. The van der Waals surface area contributed by atoms with E-state index < -0.39 is 5.60 Å². The number of aromatic nitrogens is 2. The Labute approximate surface area is 187 Å². The summed E-state index contributed by atoms with van der Waals surface area (Å²) in [7, 11) is 1.59. The number of methoxy groups -OCH3 is 1. The predicted molar refractivity (Wildman–Crippen MR) is 117 cm³/mol. The quantitative estimate of drug-likeness (QED) is 0.691. The van der Waals surface area contributed by atoms with Gasteiger partial charge in [0.2, 0.25) is 11.8 Å². The molecule has 1 aliphatic carbocycles. The van der Waals surface area contributed by atoms with Gasteiger partial charge < -0.3 is 19.3 Å². The number of likely N-dealkylation sites (tertiary alicyclic amines) is 1. The molecule has 2 unspecified atom stereocenters. The second kappa shape index (κ2) is 8.06. The van der Waals surface area contributed by atoms with Crippen molar-refractivity contribution < 1.29 is 14.3 Å². The van der Waals surface area contributed by atoms with Crippen LogP contribution in [0.1, 0.15) is 37.3 Å². The standard InChI is InChI=1S/C24H27N5O3/c1-16-9-19-13-28(14-20(16)29(19)21-5-3-17(10-25)11-26-21)23(30)15-32-24(7-8-24)18-4-6-22(31-2)27-12-18/h3-6,11-12,16,19-20H,7-9,13-15H2,1-2H3/t16-,19?,20?/m1/s1. The van der Waals surface area contributed by atoms with Crippen LogP contribution in [0.3, 0.4) is 0 Å². The lowest BCUT2D eigenvalue weighted by Crippen LogP contribution is -2.57. The highest BCUT2D eigenvalue weighted by molar-refractivity contribution is 5.78. The molecule has 2 aliphatic heterocycles. The molecule has 32 heavy (non-hydrogen) atoms. The van der Waals surface area contributed by atoms with Gasteiger partial charge in [-0.15, -0.1) is 0 Å². The van der Waals surface area contributed by atoms with Crippen LogP contribution in [0, 0.1) is 17.2 Å². The van der Waals surface area contributed by atoms with Crippen molar-refractivity contribution in [3.05, 3.63) is 47.8 Å². The monoisotopic (exact) mass is 433 g/mol. The summed E-state index contributed by atoms with van der Waals surface area (Å²) < 4.78 is 11.3. The minimum absolute atomic E-state index is 0.0364. The topological polar surface area (TPSA) is 91.6 Å². The Bertz CT molecular complexity index is 1030. The first-order valence-corrected chi connectivity index (χ1v) is 11.1. The van der Waals surface area contributed by atoms with Gasteiger partial charge in [0.15, 0.2) is 0 Å². The van der Waals surface area contributed by atoms with Crippen molar-refractivity contribution in [1.29, 1.82) is 5.26 Å². The predicted octanol–water partition coefficient (Wildman–Crippen LogP) is 2.49. The van der Waals surface area contributed by atoms with Crippen LogP contribution in [0.4, 0.5) is 5.82 Å². The van der Waals surface area contributed by atoms with E-state index in [0.29, 0.717) is 30.5 Å². The number of piperazine rings is 1. The van der Waals surface area contributed by atoms with Crippen molar-refractivity contribution in [2.24, 2.45) is 5.92 Å². The summed E-state index contributed by atoms with van der Waals surface area (Å²) >= 11 is 0. The highest BCUT2D eigenvalue weighted by Gasteiger charge is 2.48.